The molecule has 1 heterocycles. The summed E-state index contributed by atoms with van der Waals surface area (Å²) in [6, 6.07) is 8.80. The second-order valence-corrected chi connectivity index (χ2v) is 6.64. The van der Waals surface area contributed by atoms with E-state index in [0.717, 1.165) is 17.1 Å². The van der Waals surface area contributed by atoms with Gasteiger partial charge in [-0.1, -0.05) is 40.5 Å². The highest BCUT2D eigenvalue weighted by Gasteiger charge is 2.20. The first-order valence-electron chi connectivity index (χ1n) is 6.41. The summed E-state index contributed by atoms with van der Waals surface area (Å²) in [5.41, 5.74) is 1.53. The van der Waals surface area contributed by atoms with Crippen LogP contribution >= 0.6 is 27.7 Å². The van der Waals surface area contributed by atoms with E-state index in [2.05, 4.69) is 45.5 Å². The summed E-state index contributed by atoms with van der Waals surface area (Å²) in [7, 11) is 0. The van der Waals surface area contributed by atoms with Crippen LogP contribution in [-0.2, 0) is 6.42 Å². The first kappa shape index (κ1) is 13.4. The second-order valence-electron chi connectivity index (χ2n) is 4.51. The highest BCUT2D eigenvalue weighted by atomic mass is 79.9. The van der Waals surface area contributed by atoms with Crippen LogP contribution in [0.4, 0.5) is 0 Å². The van der Waals surface area contributed by atoms with Crippen LogP contribution in [0.25, 0.3) is 0 Å². The Kier molecular flexibility index (Phi) is 5.89. The summed E-state index contributed by atoms with van der Waals surface area (Å²) in [5.74, 6) is 0. The van der Waals surface area contributed by atoms with E-state index in [0.29, 0.717) is 0 Å². The first-order valence-corrected chi connectivity index (χ1v) is 8.41. The van der Waals surface area contributed by atoms with Crippen molar-refractivity contribution in [2.75, 3.05) is 18.4 Å². The van der Waals surface area contributed by atoms with Gasteiger partial charge in [-0.25, -0.2) is 0 Å². The molecule has 1 atom stereocenters. The molecule has 0 radical (unpaired) electrons. The number of hydrogen-bond donors (Lipinski definition) is 1. The van der Waals surface area contributed by atoms with E-state index in [9.17, 15) is 0 Å². The number of halogens is 1. The molecule has 0 bridgehead atoms. The van der Waals surface area contributed by atoms with Crippen molar-refractivity contribution in [1.82, 2.24) is 5.32 Å². The number of alkyl halides is 1. The maximum atomic E-state index is 3.58. The number of benzene rings is 1. The van der Waals surface area contributed by atoms with Gasteiger partial charge in [0, 0.05) is 22.0 Å². The van der Waals surface area contributed by atoms with Gasteiger partial charge in [0.25, 0.3) is 0 Å². The van der Waals surface area contributed by atoms with Crippen molar-refractivity contribution in [2.45, 2.75) is 35.8 Å². The fourth-order valence-corrected chi connectivity index (χ4v) is 3.83. The van der Waals surface area contributed by atoms with Gasteiger partial charge in [0.1, 0.15) is 0 Å². The average molecular weight is 314 g/mol. The summed E-state index contributed by atoms with van der Waals surface area (Å²) < 4.78 is 0. The SMILES string of the molecule is BrCCCCCNCC1Cc2ccccc2S1. The van der Waals surface area contributed by atoms with Crippen molar-refractivity contribution in [2.24, 2.45) is 0 Å². The highest BCUT2D eigenvalue weighted by Crippen LogP contribution is 2.36. The maximum absolute atomic E-state index is 3.58. The molecule has 2 rings (SSSR count). The molecule has 1 aliphatic rings. The van der Waals surface area contributed by atoms with Crippen molar-refractivity contribution in [3.63, 3.8) is 0 Å². The number of hydrogen-bond acceptors (Lipinski definition) is 2. The predicted molar refractivity (Wildman–Crippen MR) is 80.3 cm³/mol. The average Bonchev–Trinajstić information content (AvgIpc) is 2.76. The van der Waals surface area contributed by atoms with E-state index in [1.54, 1.807) is 0 Å². The monoisotopic (exact) mass is 313 g/mol. The molecule has 0 spiro atoms. The molecule has 3 heteroatoms. The van der Waals surface area contributed by atoms with Crippen molar-refractivity contribution >= 4 is 27.7 Å². The van der Waals surface area contributed by atoms with Crippen LogP contribution < -0.4 is 5.32 Å². The lowest BCUT2D eigenvalue weighted by molar-refractivity contribution is 0.609. The quantitative estimate of drug-likeness (QED) is 0.606. The molecule has 0 aliphatic carbocycles. The molecule has 1 unspecified atom stereocenters. The minimum absolute atomic E-state index is 0.739. The largest absolute Gasteiger partial charge is 0.316 e. The Morgan fingerprint density at radius 3 is 2.94 bits per heavy atom. The summed E-state index contributed by atoms with van der Waals surface area (Å²) in [4.78, 5) is 1.48. The molecular weight excluding hydrogens is 294 g/mol. The highest BCUT2D eigenvalue weighted by molar-refractivity contribution is 9.09. The summed E-state index contributed by atoms with van der Waals surface area (Å²) in [6.07, 6.45) is 5.16. The zero-order valence-electron chi connectivity index (χ0n) is 10.1. The lowest BCUT2D eigenvalue weighted by Crippen LogP contribution is -2.25. The third kappa shape index (κ3) is 4.31. The molecule has 0 amide bonds. The van der Waals surface area contributed by atoms with E-state index in [-0.39, 0.29) is 0 Å². The molecule has 0 saturated heterocycles. The molecule has 0 aromatic heterocycles. The lowest BCUT2D eigenvalue weighted by Gasteiger charge is -2.09. The van der Waals surface area contributed by atoms with Gasteiger partial charge in [0.15, 0.2) is 0 Å². The molecule has 94 valence electrons. The molecule has 1 aliphatic heterocycles. The molecule has 1 aromatic rings. The third-order valence-electron chi connectivity index (χ3n) is 3.07. The van der Waals surface area contributed by atoms with Gasteiger partial charge in [0.05, 0.1) is 0 Å². The van der Waals surface area contributed by atoms with Crippen molar-refractivity contribution in [3.8, 4) is 0 Å². The topological polar surface area (TPSA) is 12.0 Å². The fraction of sp³-hybridized carbons (Fsp3) is 0.571. The van der Waals surface area contributed by atoms with E-state index in [1.807, 2.05) is 11.8 Å². The van der Waals surface area contributed by atoms with Crippen LogP contribution in [0.2, 0.25) is 0 Å². The zero-order valence-corrected chi connectivity index (χ0v) is 12.5. The zero-order chi connectivity index (χ0) is 11.9. The van der Waals surface area contributed by atoms with E-state index < -0.39 is 0 Å². The van der Waals surface area contributed by atoms with Crippen molar-refractivity contribution < 1.29 is 0 Å². The van der Waals surface area contributed by atoms with Crippen LogP contribution in [0, 0.1) is 0 Å². The molecular formula is C14H20BrNS. The minimum atomic E-state index is 0.739. The number of rotatable bonds is 7. The Hall–Kier alpha value is 0.01000. The summed E-state index contributed by atoms with van der Waals surface area (Å²) in [5, 5.41) is 5.46. The number of fused-ring (bicyclic) bond motifs is 1. The van der Waals surface area contributed by atoms with Crippen molar-refractivity contribution in [3.05, 3.63) is 29.8 Å². The predicted octanol–water partition coefficient (Wildman–Crippen LogP) is 3.86. The Bertz CT molecular complexity index is 318. The minimum Gasteiger partial charge on any atom is -0.316 e. The molecule has 1 N–H and O–H groups in total. The van der Waals surface area contributed by atoms with E-state index in [4.69, 9.17) is 0 Å². The number of thioether (sulfide) groups is 1. The van der Waals surface area contributed by atoms with Gasteiger partial charge >= 0.3 is 0 Å². The summed E-state index contributed by atoms with van der Waals surface area (Å²) >= 11 is 5.50. The molecule has 1 nitrogen and oxygen atoms in total. The van der Waals surface area contributed by atoms with Gasteiger partial charge in [-0.15, -0.1) is 11.8 Å². The second kappa shape index (κ2) is 7.45. The van der Waals surface area contributed by atoms with Crippen molar-refractivity contribution in [1.29, 1.82) is 0 Å². The molecule has 0 fully saturated rings. The standard InChI is InChI=1S/C14H20BrNS/c15-8-4-1-5-9-16-11-13-10-12-6-2-3-7-14(12)17-13/h2-3,6-7,13,16H,1,4-5,8-11H2. The number of nitrogens with one attached hydrogen (secondary N) is 1. The smallest absolute Gasteiger partial charge is 0.0260 e. The van der Waals surface area contributed by atoms with Crippen LogP contribution in [0.3, 0.4) is 0 Å². The van der Waals surface area contributed by atoms with Gasteiger partial charge in [-0.3, -0.25) is 0 Å². The molecule has 1 aromatic carbocycles. The lowest BCUT2D eigenvalue weighted by atomic mass is 10.1. The van der Waals surface area contributed by atoms with Gasteiger partial charge in [-0.2, -0.15) is 0 Å². The van der Waals surface area contributed by atoms with Crippen LogP contribution in [0.5, 0.6) is 0 Å². The van der Waals surface area contributed by atoms with Gasteiger partial charge < -0.3 is 5.32 Å². The van der Waals surface area contributed by atoms with E-state index >= 15 is 0 Å². The van der Waals surface area contributed by atoms with Crippen LogP contribution in [0.15, 0.2) is 29.2 Å². The fourth-order valence-electron chi connectivity index (χ4n) is 2.15. The van der Waals surface area contributed by atoms with Gasteiger partial charge in [0.2, 0.25) is 0 Å². The van der Waals surface area contributed by atoms with E-state index in [1.165, 1.54) is 42.7 Å². The Morgan fingerprint density at radius 2 is 2.12 bits per heavy atom. The Labute approximate surface area is 117 Å². The first-order chi connectivity index (χ1) is 8.40. The summed E-state index contributed by atoms with van der Waals surface area (Å²) in [6.45, 7) is 2.31. The Balaban J connectivity index is 1.60. The number of unbranched alkanes of at least 4 members (excludes halogenated alkanes) is 2. The molecule has 0 saturated carbocycles. The Morgan fingerprint density at radius 1 is 1.24 bits per heavy atom. The molecule has 17 heavy (non-hydrogen) atoms. The van der Waals surface area contributed by atoms with Crippen LogP contribution in [0.1, 0.15) is 24.8 Å². The maximum Gasteiger partial charge on any atom is 0.0260 e. The normalized spacial score (nSPS) is 18.3. The van der Waals surface area contributed by atoms with Gasteiger partial charge in [-0.05, 0) is 37.4 Å². The van der Waals surface area contributed by atoms with Crippen LogP contribution in [-0.4, -0.2) is 23.7 Å². The third-order valence-corrected chi connectivity index (χ3v) is 4.95.